The first-order valence-electron chi connectivity index (χ1n) is 16.0. The van der Waals surface area contributed by atoms with Gasteiger partial charge in [-0.3, -0.25) is 0 Å². The van der Waals surface area contributed by atoms with Gasteiger partial charge in [-0.25, -0.2) is 0 Å². The summed E-state index contributed by atoms with van der Waals surface area (Å²) in [5.74, 6) is 2.05. The van der Waals surface area contributed by atoms with E-state index in [0.29, 0.717) is 30.9 Å². The van der Waals surface area contributed by atoms with Gasteiger partial charge in [0.15, 0.2) is 0 Å². The molecule has 0 spiro atoms. The van der Waals surface area contributed by atoms with Crippen molar-refractivity contribution in [2.75, 3.05) is 0 Å². The molecule has 2 aliphatic rings. The number of rotatable bonds is 7. The van der Waals surface area contributed by atoms with Gasteiger partial charge in [0.25, 0.3) is 0 Å². The maximum atomic E-state index is 2.82. The molecule has 3 aromatic rings. The van der Waals surface area contributed by atoms with Crippen LogP contribution in [0.25, 0.3) is 12.2 Å². The van der Waals surface area contributed by atoms with Crippen LogP contribution in [0, 0.1) is 0 Å². The standard InChI is InChI=1S/2C16H21.C6H5.CH3.2ClH.H2Si.Zr/c2*1-10(2)13-8-14-6-12(5)7-16(14)15(9-13)11(3)4;1-2-4-6-5-3-1;;;;;/h2*6-11H,1-5H3;1-5H;1H3;2*1H;1H2;. The summed E-state index contributed by atoms with van der Waals surface area (Å²) in [6.45, 7) is 26.3. The molecule has 0 heterocycles. The molecule has 2 atom stereocenters. The zero-order valence-electron chi connectivity index (χ0n) is 28.3. The molecule has 2 unspecified atom stereocenters. The van der Waals surface area contributed by atoms with E-state index in [-0.39, 0.29) is 24.8 Å². The SMILES string of the molecule is CC1=Cc2c(C(C)C)cc(C(C)C)cc2[CH]1[Zr]([CH3])(=[SiH2])([c]1ccccc1)[CH]1C(C)=Cc2c(C(C)C)cc(C(C)C)cc21.Cl.Cl. The Hall–Kier alpha value is -1.18. The average molecular weight is 713 g/mol. The van der Waals surface area contributed by atoms with Crippen LogP contribution in [0.3, 0.4) is 0 Å². The molecule has 0 aromatic heterocycles. The summed E-state index contributed by atoms with van der Waals surface area (Å²) in [5.41, 5.74) is 15.5. The van der Waals surface area contributed by atoms with Crippen molar-refractivity contribution in [3.05, 3.63) is 110 Å². The van der Waals surface area contributed by atoms with Crippen LogP contribution < -0.4 is 3.27 Å². The average Bonchev–Trinajstić information content (AvgIpc) is 3.43. The van der Waals surface area contributed by atoms with Gasteiger partial charge in [-0.15, -0.1) is 24.8 Å². The molecule has 5 rings (SSSR count). The molecule has 0 radical (unpaired) electrons. The van der Waals surface area contributed by atoms with Gasteiger partial charge < -0.3 is 0 Å². The molecule has 0 bridgehead atoms. The Kier molecular flexibility index (Phi) is 10.9. The summed E-state index contributed by atoms with van der Waals surface area (Å²) in [5, 5.41) is 0. The molecule has 0 aliphatic heterocycles. The molecule has 0 amide bonds. The third-order valence-corrected chi connectivity index (χ3v) is 34.4. The monoisotopic (exact) mass is 710 g/mol. The summed E-state index contributed by atoms with van der Waals surface area (Å²) in [6, 6.07) is 22.1. The second-order valence-electron chi connectivity index (χ2n) is 15.1. The Morgan fingerprint density at radius 2 is 0.953 bits per heavy atom. The first-order valence-corrected chi connectivity index (χ1v) is 28.4. The number of halogens is 2. The van der Waals surface area contributed by atoms with Crippen molar-refractivity contribution in [1.29, 1.82) is 0 Å². The molecule has 2 aliphatic carbocycles. The first-order chi connectivity index (χ1) is 19.2. The third kappa shape index (κ3) is 5.82. The fourth-order valence-electron chi connectivity index (χ4n) is 8.54. The van der Waals surface area contributed by atoms with Gasteiger partial charge in [0.05, 0.1) is 0 Å². The predicted octanol–water partition coefficient (Wildman–Crippen LogP) is 11.3. The molecule has 232 valence electrons. The quantitative estimate of drug-likeness (QED) is 0.214. The van der Waals surface area contributed by atoms with Crippen LogP contribution in [0.5, 0.6) is 0 Å². The van der Waals surface area contributed by atoms with Crippen LogP contribution >= 0.6 is 24.8 Å². The largest absolute Gasteiger partial charge is 0.147 e. The van der Waals surface area contributed by atoms with E-state index >= 15 is 0 Å². The Morgan fingerprint density at radius 1 is 0.581 bits per heavy atom. The van der Waals surface area contributed by atoms with Crippen LogP contribution in [0.1, 0.15) is 145 Å². The smallest absolute Gasteiger partial charge is 0.147 e. The van der Waals surface area contributed by atoms with Gasteiger partial charge in [-0.1, -0.05) is 0 Å². The number of hydrogen-bond acceptors (Lipinski definition) is 0. The number of hydrogen-bond donors (Lipinski definition) is 0. The summed E-state index contributed by atoms with van der Waals surface area (Å²) in [6.07, 6.45) is 5.18. The van der Waals surface area contributed by atoms with Gasteiger partial charge in [-0.2, -0.15) is 0 Å². The molecular formula is C39H54Cl2SiZr. The normalized spacial score (nSPS) is 18.0. The Balaban J connectivity index is 0.00000253. The zero-order valence-corrected chi connectivity index (χ0v) is 33.8. The topological polar surface area (TPSA) is 0 Å². The van der Waals surface area contributed by atoms with E-state index in [2.05, 4.69) is 147 Å². The number of benzene rings is 3. The van der Waals surface area contributed by atoms with E-state index in [1.807, 2.05) is 0 Å². The molecule has 0 nitrogen and oxygen atoms in total. The molecule has 43 heavy (non-hydrogen) atoms. The second kappa shape index (κ2) is 12.9. The van der Waals surface area contributed by atoms with Gasteiger partial charge in [0, 0.05) is 0 Å². The Labute approximate surface area is 277 Å². The fourth-order valence-corrected chi connectivity index (χ4v) is 33.7. The van der Waals surface area contributed by atoms with E-state index in [1.54, 1.807) is 25.5 Å². The molecule has 3 aromatic carbocycles. The van der Waals surface area contributed by atoms with E-state index in [1.165, 1.54) is 33.4 Å². The number of fused-ring (bicyclic) bond motifs is 2. The van der Waals surface area contributed by atoms with E-state index in [4.69, 9.17) is 0 Å². The first kappa shape index (κ1) is 36.3. The zero-order chi connectivity index (χ0) is 30.0. The Morgan fingerprint density at radius 3 is 1.28 bits per heavy atom. The van der Waals surface area contributed by atoms with E-state index in [9.17, 15) is 0 Å². The summed E-state index contributed by atoms with van der Waals surface area (Å²) in [7, 11) is 0. The van der Waals surface area contributed by atoms with Crippen molar-refractivity contribution in [3.8, 4) is 0 Å². The maximum Gasteiger partial charge on any atom is -0.147 e. The molecule has 0 saturated carbocycles. The van der Waals surface area contributed by atoms with Gasteiger partial charge in [0.2, 0.25) is 0 Å². The van der Waals surface area contributed by atoms with Crippen LogP contribution in [-0.2, 0) is 17.4 Å². The summed E-state index contributed by atoms with van der Waals surface area (Å²) in [4.78, 5) is 0. The minimum Gasteiger partial charge on any atom is -0.147 e. The van der Waals surface area contributed by atoms with Gasteiger partial charge >= 0.3 is 255 Å². The molecule has 0 fully saturated rings. The van der Waals surface area contributed by atoms with Gasteiger partial charge in [-0.05, 0) is 0 Å². The van der Waals surface area contributed by atoms with Crippen molar-refractivity contribution >= 4 is 47.1 Å². The summed E-state index contributed by atoms with van der Waals surface area (Å²) < 4.78 is 5.42. The van der Waals surface area contributed by atoms with Crippen molar-refractivity contribution < 1.29 is 17.4 Å². The van der Waals surface area contributed by atoms with E-state index < -0.39 is 17.4 Å². The molecule has 4 heteroatoms. The van der Waals surface area contributed by atoms with Crippen molar-refractivity contribution in [2.24, 2.45) is 0 Å². The predicted molar refractivity (Wildman–Crippen MR) is 197 cm³/mol. The van der Waals surface area contributed by atoms with Crippen molar-refractivity contribution in [2.45, 2.75) is 105 Å². The maximum absolute atomic E-state index is 4.05. The molecule has 0 saturated heterocycles. The van der Waals surface area contributed by atoms with Crippen LogP contribution in [0.2, 0.25) is 4.63 Å². The fraction of sp³-hybridized carbons (Fsp3) is 0.436. The van der Waals surface area contributed by atoms with Crippen LogP contribution in [0.4, 0.5) is 0 Å². The van der Waals surface area contributed by atoms with Crippen molar-refractivity contribution in [3.63, 3.8) is 0 Å². The third-order valence-electron chi connectivity index (χ3n) is 10.6. The molecule has 0 N–H and O–H groups in total. The van der Waals surface area contributed by atoms with Crippen molar-refractivity contribution in [1.82, 2.24) is 0 Å². The van der Waals surface area contributed by atoms with E-state index in [0.717, 1.165) is 0 Å². The second-order valence-corrected chi connectivity index (χ2v) is 41.4. The summed E-state index contributed by atoms with van der Waals surface area (Å²) >= 11 is -4.05. The van der Waals surface area contributed by atoms with Crippen LogP contribution in [-0.4, -0.2) is 6.88 Å². The minimum atomic E-state index is -4.05. The van der Waals surface area contributed by atoms with Gasteiger partial charge in [0.1, 0.15) is 0 Å². The minimum absolute atomic E-state index is 0. The molecular weight excluding hydrogens is 659 g/mol. The van der Waals surface area contributed by atoms with Crippen LogP contribution in [0.15, 0.2) is 65.7 Å². The Bertz CT molecular complexity index is 1540. The number of allylic oxidation sites excluding steroid dienone is 2.